The third-order valence-electron chi connectivity index (χ3n) is 3.70. The van der Waals surface area contributed by atoms with Gasteiger partial charge in [0.1, 0.15) is 0 Å². The van der Waals surface area contributed by atoms with Gasteiger partial charge in [-0.05, 0) is 36.8 Å². The van der Waals surface area contributed by atoms with Gasteiger partial charge in [0.25, 0.3) is 5.91 Å². The van der Waals surface area contributed by atoms with Gasteiger partial charge in [-0.1, -0.05) is 13.8 Å². The van der Waals surface area contributed by atoms with E-state index < -0.39 is 0 Å². The highest BCUT2D eigenvalue weighted by atomic mass is 32.1. The number of nitrogens with zero attached hydrogens (tertiary/aromatic N) is 1. The first-order valence-corrected chi connectivity index (χ1v) is 8.00. The van der Waals surface area contributed by atoms with E-state index in [1.807, 2.05) is 37.1 Å². The van der Waals surface area contributed by atoms with Crippen molar-refractivity contribution >= 4 is 23.2 Å². The lowest BCUT2D eigenvalue weighted by Crippen LogP contribution is -2.47. The van der Waals surface area contributed by atoms with Crippen molar-refractivity contribution in [2.75, 3.05) is 13.1 Å². The Balaban J connectivity index is 1.84. The van der Waals surface area contributed by atoms with Crippen LogP contribution in [0.15, 0.2) is 11.4 Å². The molecule has 4 nitrogen and oxygen atoms in total. The molecule has 2 heterocycles. The molecular weight excluding hydrogens is 272 g/mol. The molecule has 2 rings (SSSR count). The van der Waals surface area contributed by atoms with E-state index in [1.54, 1.807) is 0 Å². The lowest BCUT2D eigenvalue weighted by atomic mass is 10.0. The van der Waals surface area contributed by atoms with Crippen molar-refractivity contribution in [1.29, 1.82) is 0 Å². The molecule has 0 radical (unpaired) electrons. The SMILES string of the molecule is Cc1ccsc1C(=O)NC1CCN(C(=O)C(C)C)CC1. The summed E-state index contributed by atoms with van der Waals surface area (Å²) >= 11 is 1.48. The molecule has 2 amide bonds. The molecule has 1 aromatic heterocycles. The number of hydrogen-bond donors (Lipinski definition) is 1. The van der Waals surface area contributed by atoms with Gasteiger partial charge in [-0.15, -0.1) is 11.3 Å². The van der Waals surface area contributed by atoms with Crippen LogP contribution in [0, 0.1) is 12.8 Å². The number of nitrogens with one attached hydrogen (secondary N) is 1. The minimum absolute atomic E-state index is 0.0196. The van der Waals surface area contributed by atoms with Crippen LogP contribution in [-0.2, 0) is 4.79 Å². The summed E-state index contributed by atoms with van der Waals surface area (Å²) in [5.41, 5.74) is 1.03. The average Bonchev–Trinajstić information content (AvgIpc) is 2.85. The Morgan fingerprint density at radius 2 is 2.00 bits per heavy atom. The van der Waals surface area contributed by atoms with Crippen molar-refractivity contribution in [2.45, 2.75) is 39.7 Å². The fourth-order valence-corrected chi connectivity index (χ4v) is 3.29. The van der Waals surface area contributed by atoms with Crippen molar-refractivity contribution in [2.24, 2.45) is 5.92 Å². The number of thiophene rings is 1. The van der Waals surface area contributed by atoms with Crippen LogP contribution in [0.1, 0.15) is 41.9 Å². The minimum Gasteiger partial charge on any atom is -0.348 e. The Hall–Kier alpha value is -1.36. The van der Waals surface area contributed by atoms with Gasteiger partial charge in [-0.2, -0.15) is 0 Å². The minimum atomic E-state index is 0.0196. The van der Waals surface area contributed by atoms with E-state index in [-0.39, 0.29) is 23.8 Å². The van der Waals surface area contributed by atoms with Gasteiger partial charge in [0.05, 0.1) is 4.88 Å². The van der Waals surface area contributed by atoms with Crippen LogP contribution in [0.4, 0.5) is 0 Å². The van der Waals surface area contributed by atoms with Crippen molar-refractivity contribution in [1.82, 2.24) is 10.2 Å². The van der Waals surface area contributed by atoms with E-state index in [0.29, 0.717) is 0 Å². The average molecular weight is 294 g/mol. The molecule has 110 valence electrons. The molecule has 0 atom stereocenters. The molecule has 1 aliphatic rings. The normalized spacial score (nSPS) is 16.5. The lowest BCUT2D eigenvalue weighted by molar-refractivity contribution is -0.135. The molecule has 0 saturated carbocycles. The summed E-state index contributed by atoms with van der Waals surface area (Å²) in [6.07, 6.45) is 1.68. The van der Waals surface area contributed by atoms with E-state index in [1.165, 1.54) is 11.3 Å². The quantitative estimate of drug-likeness (QED) is 0.931. The summed E-state index contributed by atoms with van der Waals surface area (Å²) in [7, 11) is 0. The van der Waals surface area contributed by atoms with Crippen molar-refractivity contribution in [3.8, 4) is 0 Å². The zero-order valence-electron chi connectivity index (χ0n) is 12.3. The van der Waals surface area contributed by atoms with Gasteiger partial charge in [-0.25, -0.2) is 0 Å². The van der Waals surface area contributed by atoms with Crippen molar-refractivity contribution in [3.63, 3.8) is 0 Å². The molecule has 0 aliphatic carbocycles. The Kier molecular flexibility index (Phi) is 4.81. The highest BCUT2D eigenvalue weighted by molar-refractivity contribution is 7.12. The summed E-state index contributed by atoms with van der Waals surface area (Å²) in [4.78, 5) is 26.7. The third kappa shape index (κ3) is 3.39. The molecule has 5 heteroatoms. The maximum atomic E-state index is 12.1. The Labute approximate surface area is 124 Å². The standard InChI is InChI=1S/C15H22N2O2S/c1-10(2)15(19)17-7-4-12(5-8-17)16-14(18)13-11(3)6-9-20-13/h6,9-10,12H,4-5,7-8H2,1-3H3,(H,16,18). The van der Waals surface area contributed by atoms with Gasteiger partial charge in [0, 0.05) is 25.0 Å². The second kappa shape index (κ2) is 6.39. The molecule has 1 saturated heterocycles. The largest absolute Gasteiger partial charge is 0.348 e. The number of carbonyl (C=O) groups is 2. The molecular formula is C15H22N2O2S. The molecule has 0 bridgehead atoms. The molecule has 1 N–H and O–H groups in total. The summed E-state index contributed by atoms with van der Waals surface area (Å²) in [6, 6.07) is 2.14. The number of aryl methyl sites for hydroxylation is 1. The van der Waals surface area contributed by atoms with Crippen molar-refractivity contribution in [3.05, 3.63) is 21.9 Å². The second-order valence-corrected chi connectivity index (χ2v) is 6.58. The summed E-state index contributed by atoms with van der Waals surface area (Å²) in [6.45, 7) is 7.29. The molecule has 1 fully saturated rings. The van der Waals surface area contributed by atoms with Gasteiger partial charge in [0.15, 0.2) is 0 Å². The fourth-order valence-electron chi connectivity index (χ4n) is 2.47. The summed E-state index contributed by atoms with van der Waals surface area (Å²) < 4.78 is 0. The number of likely N-dealkylation sites (tertiary alicyclic amines) is 1. The van der Waals surface area contributed by atoms with E-state index in [9.17, 15) is 9.59 Å². The van der Waals surface area contributed by atoms with Gasteiger partial charge < -0.3 is 10.2 Å². The van der Waals surface area contributed by atoms with Gasteiger partial charge >= 0.3 is 0 Å². The van der Waals surface area contributed by atoms with E-state index in [0.717, 1.165) is 36.4 Å². The number of rotatable bonds is 3. The van der Waals surface area contributed by atoms with Crippen LogP contribution in [-0.4, -0.2) is 35.8 Å². The molecule has 0 aromatic carbocycles. The topological polar surface area (TPSA) is 49.4 Å². The van der Waals surface area contributed by atoms with Gasteiger partial charge in [0.2, 0.25) is 5.91 Å². The summed E-state index contributed by atoms with van der Waals surface area (Å²) in [5.74, 6) is 0.282. The van der Waals surface area contributed by atoms with E-state index >= 15 is 0 Å². The Bertz CT molecular complexity index is 488. The number of hydrogen-bond acceptors (Lipinski definition) is 3. The van der Waals surface area contributed by atoms with Crippen molar-refractivity contribution < 1.29 is 9.59 Å². The Morgan fingerprint density at radius 3 is 2.50 bits per heavy atom. The first-order chi connectivity index (χ1) is 9.49. The smallest absolute Gasteiger partial charge is 0.261 e. The van der Waals surface area contributed by atoms with E-state index in [2.05, 4.69) is 5.32 Å². The molecule has 0 unspecified atom stereocenters. The molecule has 0 spiro atoms. The highest BCUT2D eigenvalue weighted by Crippen LogP contribution is 2.18. The zero-order valence-corrected chi connectivity index (χ0v) is 13.1. The molecule has 1 aromatic rings. The monoisotopic (exact) mass is 294 g/mol. The Morgan fingerprint density at radius 1 is 1.35 bits per heavy atom. The zero-order chi connectivity index (χ0) is 14.7. The third-order valence-corrected chi connectivity index (χ3v) is 4.72. The van der Waals surface area contributed by atoms with Crippen LogP contribution in [0.5, 0.6) is 0 Å². The van der Waals surface area contributed by atoms with Gasteiger partial charge in [-0.3, -0.25) is 9.59 Å². The van der Waals surface area contributed by atoms with Crippen LogP contribution < -0.4 is 5.32 Å². The molecule has 1 aliphatic heterocycles. The molecule has 20 heavy (non-hydrogen) atoms. The van der Waals surface area contributed by atoms with Crippen LogP contribution >= 0.6 is 11.3 Å². The van der Waals surface area contributed by atoms with Crippen LogP contribution in [0.2, 0.25) is 0 Å². The van der Waals surface area contributed by atoms with E-state index in [4.69, 9.17) is 0 Å². The maximum Gasteiger partial charge on any atom is 0.261 e. The number of carbonyl (C=O) groups excluding carboxylic acids is 2. The van der Waals surface area contributed by atoms with Crippen LogP contribution in [0.3, 0.4) is 0 Å². The summed E-state index contributed by atoms with van der Waals surface area (Å²) in [5, 5.41) is 5.02. The number of amides is 2. The lowest BCUT2D eigenvalue weighted by Gasteiger charge is -2.33. The number of piperidine rings is 1. The first-order valence-electron chi connectivity index (χ1n) is 7.12. The predicted molar refractivity (Wildman–Crippen MR) is 81.0 cm³/mol. The predicted octanol–water partition coefficient (Wildman–Crippen LogP) is 2.43. The maximum absolute atomic E-state index is 12.1. The fraction of sp³-hybridized carbons (Fsp3) is 0.600. The second-order valence-electron chi connectivity index (χ2n) is 5.66. The van der Waals surface area contributed by atoms with Crippen LogP contribution in [0.25, 0.3) is 0 Å². The first kappa shape index (κ1) is 15.0. The highest BCUT2D eigenvalue weighted by Gasteiger charge is 2.25.